The molecule has 0 atom stereocenters. The third kappa shape index (κ3) is 4.91. The monoisotopic (exact) mass is 408 g/mol. The molecule has 2 N–H and O–H groups in total. The van der Waals surface area contributed by atoms with Crippen molar-refractivity contribution in [2.45, 2.75) is 12.7 Å². The predicted molar refractivity (Wildman–Crippen MR) is 113 cm³/mol. The standard InChI is InChI=1S/C21H20N4O3S/c1-14-10-16-12-18(6-7-19(16)23-14)28-20-8-9-22-21(25-20)24-17-5-3-4-15(11-17)13-29(2,26)27/h3-12,23H,13H2,1-2H3,(H,22,24,25). The van der Waals surface area contributed by atoms with Crippen molar-refractivity contribution in [3.8, 4) is 11.6 Å². The molecule has 148 valence electrons. The van der Waals surface area contributed by atoms with Gasteiger partial charge in [0.05, 0.1) is 5.75 Å². The zero-order chi connectivity index (χ0) is 20.4. The fourth-order valence-electron chi connectivity index (χ4n) is 3.07. The van der Waals surface area contributed by atoms with Gasteiger partial charge in [0, 0.05) is 40.8 Å². The van der Waals surface area contributed by atoms with Crippen LogP contribution in [0.1, 0.15) is 11.3 Å². The molecule has 29 heavy (non-hydrogen) atoms. The molecule has 4 rings (SSSR count). The number of aryl methyl sites for hydroxylation is 1. The van der Waals surface area contributed by atoms with Gasteiger partial charge in [0.15, 0.2) is 9.84 Å². The molecule has 2 aromatic carbocycles. The number of aromatic amines is 1. The van der Waals surface area contributed by atoms with Gasteiger partial charge in [-0.2, -0.15) is 4.98 Å². The van der Waals surface area contributed by atoms with E-state index in [0.29, 0.717) is 28.8 Å². The highest BCUT2D eigenvalue weighted by Crippen LogP contribution is 2.26. The number of ether oxygens (including phenoxy) is 1. The minimum Gasteiger partial charge on any atom is -0.439 e. The van der Waals surface area contributed by atoms with Gasteiger partial charge in [-0.05, 0) is 48.9 Å². The Morgan fingerprint density at radius 1 is 1.10 bits per heavy atom. The number of aromatic nitrogens is 3. The van der Waals surface area contributed by atoms with Crippen LogP contribution in [0.25, 0.3) is 10.9 Å². The summed E-state index contributed by atoms with van der Waals surface area (Å²) < 4.78 is 28.9. The fourth-order valence-corrected chi connectivity index (χ4v) is 3.86. The van der Waals surface area contributed by atoms with Gasteiger partial charge in [0.1, 0.15) is 5.75 Å². The van der Waals surface area contributed by atoms with Crippen LogP contribution in [-0.2, 0) is 15.6 Å². The van der Waals surface area contributed by atoms with Gasteiger partial charge in [-0.25, -0.2) is 13.4 Å². The van der Waals surface area contributed by atoms with E-state index < -0.39 is 9.84 Å². The zero-order valence-corrected chi connectivity index (χ0v) is 16.8. The molecule has 0 aliphatic heterocycles. The molecule has 0 saturated heterocycles. The highest BCUT2D eigenvalue weighted by molar-refractivity contribution is 7.89. The molecule has 7 nitrogen and oxygen atoms in total. The van der Waals surface area contributed by atoms with Crippen LogP contribution in [0.5, 0.6) is 11.6 Å². The number of fused-ring (bicyclic) bond motifs is 1. The van der Waals surface area contributed by atoms with E-state index in [1.54, 1.807) is 30.5 Å². The van der Waals surface area contributed by atoms with Crippen molar-refractivity contribution in [3.63, 3.8) is 0 Å². The van der Waals surface area contributed by atoms with Crippen LogP contribution in [0.2, 0.25) is 0 Å². The first-order chi connectivity index (χ1) is 13.8. The second-order valence-corrected chi connectivity index (χ2v) is 9.06. The molecule has 2 heterocycles. The number of rotatable bonds is 6. The summed E-state index contributed by atoms with van der Waals surface area (Å²) in [5, 5.41) is 4.15. The molecule has 0 radical (unpaired) electrons. The number of anilines is 2. The Morgan fingerprint density at radius 3 is 2.79 bits per heavy atom. The lowest BCUT2D eigenvalue weighted by Crippen LogP contribution is -2.02. The molecule has 0 bridgehead atoms. The lowest BCUT2D eigenvalue weighted by Gasteiger charge is -2.09. The van der Waals surface area contributed by atoms with E-state index in [1.165, 1.54) is 6.26 Å². The Kier molecular flexibility index (Phi) is 4.94. The predicted octanol–water partition coefficient (Wildman–Crippen LogP) is 4.35. The first-order valence-corrected chi connectivity index (χ1v) is 11.0. The Morgan fingerprint density at radius 2 is 1.97 bits per heavy atom. The molecule has 0 saturated carbocycles. The third-order valence-corrected chi connectivity index (χ3v) is 5.05. The molecule has 2 aromatic heterocycles. The first-order valence-electron chi connectivity index (χ1n) is 8.98. The van der Waals surface area contributed by atoms with Crippen LogP contribution < -0.4 is 10.1 Å². The normalized spacial score (nSPS) is 11.5. The number of H-pyrrole nitrogens is 1. The summed E-state index contributed by atoms with van der Waals surface area (Å²) in [4.78, 5) is 11.9. The average molecular weight is 408 g/mol. The summed E-state index contributed by atoms with van der Waals surface area (Å²) in [5.74, 6) is 1.42. The van der Waals surface area contributed by atoms with Gasteiger partial charge in [-0.3, -0.25) is 0 Å². The molecular weight excluding hydrogens is 388 g/mol. The van der Waals surface area contributed by atoms with Crippen LogP contribution in [0, 0.1) is 6.92 Å². The Hall–Kier alpha value is -3.39. The molecular formula is C21H20N4O3S. The number of hydrogen-bond donors (Lipinski definition) is 2. The minimum absolute atomic E-state index is 0.0202. The van der Waals surface area contributed by atoms with Gasteiger partial charge in [-0.1, -0.05) is 12.1 Å². The second-order valence-electron chi connectivity index (χ2n) is 6.92. The van der Waals surface area contributed by atoms with E-state index in [-0.39, 0.29) is 5.75 Å². The molecule has 0 fully saturated rings. The van der Waals surface area contributed by atoms with Crippen molar-refractivity contribution in [2.24, 2.45) is 0 Å². The van der Waals surface area contributed by atoms with Crippen LogP contribution in [0.3, 0.4) is 0 Å². The molecule has 4 aromatic rings. The molecule has 0 unspecified atom stereocenters. The number of hydrogen-bond acceptors (Lipinski definition) is 6. The van der Waals surface area contributed by atoms with Gasteiger partial charge in [0.2, 0.25) is 11.8 Å². The summed E-state index contributed by atoms with van der Waals surface area (Å²) in [5.41, 5.74) is 3.53. The highest BCUT2D eigenvalue weighted by atomic mass is 32.2. The van der Waals surface area contributed by atoms with Crippen LogP contribution in [0.15, 0.2) is 60.8 Å². The summed E-state index contributed by atoms with van der Waals surface area (Å²) in [6, 6.07) is 16.7. The number of nitrogens with zero attached hydrogens (tertiary/aromatic N) is 2. The van der Waals surface area contributed by atoms with Crippen molar-refractivity contribution in [3.05, 3.63) is 72.1 Å². The second kappa shape index (κ2) is 7.56. The summed E-state index contributed by atoms with van der Waals surface area (Å²) in [6.07, 6.45) is 2.81. The van der Waals surface area contributed by atoms with Crippen molar-refractivity contribution < 1.29 is 13.2 Å². The summed E-state index contributed by atoms with van der Waals surface area (Å²) in [7, 11) is -3.10. The molecule has 0 spiro atoms. The van der Waals surface area contributed by atoms with Crippen molar-refractivity contribution in [2.75, 3.05) is 11.6 Å². The van der Waals surface area contributed by atoms with Crippen molar-refractivity contribution in [1.82, 2.24) is 15.0 Å². The first kappa shape index (κ1) is 18.9. The largest absolute Gasteiger partial charge is 0.439 e. The van der Waals surface area contributed by atoms with E-state index in [2.05, 4.69) is 26.3 Å². The van der Waals surface area contributed by atoms with Gasteiger partial charge in [-0.15, -0.1) is 0 Å². The van der Waals surface area contributed by atoms with E-state index in [1.807, 2.05) is 31.2 Å². The third-order valence-electron chi connectivity index (χ3n) is 4.19. The average Bonchev–Trinajstić information content (AvgIpc) is 3.00. The smallest absolute Gasteiger partial charge is 0.230 e. The fraction of sp³-hybridized carbons (Fsp3) is 0.143. The van der Waals surface area contributed by atoms with Crippen molar-refractivity contribution >= 4 is 32.4 Å². The maximum Gasteiger partial charge on any atom is 0.230 e. The number of sulfone groups is 1. The number of nitrogens with one attached hydrogen (secondary N) is 2. The zero-order valence-electron chi connectivity index (χ0n) is 16.0. The van der Waals surface area contributed by atoms with Crippen LogP contribution >= 0.6 is 0 Å². The van der Waals surface area contributed by atoms with Gasteiger partial charge >= 0.3 is 0 Å². The topological polar surface area (TPSA) is 97.0 Å². The Labute approximate surface area is 168 Å². The van der Waals surface area contributed by atoms with Crippen LogP contribution in [-0.4, -0.2) is 29.6 Å². The van der Waals surface area contributed by atoms with Crippen molar-refractivity contribution in [1.29, 1.82) is 0 Å². The van der Waals surface area contributed by atoms with E-state index in [9.17, 15) is 8.42 Å². The lowest BCUT2D eigenvalue weighted by molar-refractivity contribution is 0.463. The lowest BCUT2D eigenvalue weighted by atomic mass is 10.2. The highest BCUT2D eigenvalue weighted by Gasteiger charge is 2.07. The summed E-state index contributed by atoms with van der Waals surface area (Å²) >= 11 is 0. The van der Waals surface area contributed by atoms with Gasteiger partial charge in [0.25, 0.3) is 0 Å². The van der Waals surface area contributed by atoms with E-state index in [4.69, 9.17) is 4.74 Å². The van der Waals surface area contributed by atoms with Gasteiger partial charge < -0.3 is 15.0 Å². The Bertz CT molecular complexity index is 1280. The van der Waals surface area contributed by atoms with Crippen LogP contribution in [0.4, 0.5) is 11.6 Å². The molecule has 8 heteroatoms. The van der Waals surface area contributed by atoms with E-state index >= 15 is 0 Å². The Balaban J connectivity index is 1.52. The SMILES string of the molecule is Cc1cc2cc(Oc3ccnc(Nc4cccc(CS(C)(=O)=O)c4)n3)ccc2[nH]1. The summed E-state index contributed by atoms with van der Waals surface area (Å²) in [6.45, 7) is 2.01. The number of benzene rings is 2. The molecule has 0 amide bonds. The minimum atomic E-state index is -3.10. The quantitative estimate of drug-likeness (QED) is 0.492. The maximum atomic E-state index is 11.5. The van der Waals surface area contributed by atoms with E-state index in [0.717, 1.165) is 16.6 Å². The molecule has 0 aliphatic rings. The maximum absolute atomic E-state index is 11.5. The molecule has 0 aliphatic carbocycles.